The van der Waals surface area contributed by atoms with Crippen molar-refractivity contribution in [1.29, 1.82) is 0 Å². The minimum absolute atomic E-state index is 0. The third-order valence-electron chi connectivity index (χ3n) is 0. The Morgan fingerprint density at radius 3 is 0.333 bits per heavy atom. The van der Waals surface area contributed by atoms with Crippen LogP contribution in [0.1, 0.15) is 0 Å². The molecule has 0 amide bonds. The van der Waals surface area contributed by atoms with Crippen molar-refractivity contribution in [2.45, 2.75) is 0 Å². The first kappa shape index (κ1) is 46.8. The van der Waals surface area contributed by atoms with Gasteiger partial charge in [-0.2, -0.15) is 0 Å². The van der Waals surface area contributed by atoms with Gasteiger partial charge in [0, 0.05) is 39.9 Å². The van der Waals surface area contributed by atoms with E-state index in [1.54, 1.807) is 0 Å². The molecule has 0 aliphatic carbocycles. The van der Waals surface area contributed by atoms with Crippen LogP contribution in [0.3, 0.4) is 0 Å². The summed E-state index contributed by atoms with van der Waals surface area (Å²) < 4.78 is 0. The molecule has 6 heteroatoms. The van der Waals surface area contributed by atoms with E-state index in [0.29, 0.717) is 0 Å². The fourth-order valence-corrected chi connectivity index (χ4v) is 0. The zero-order valence-corrected chi connectivity index (χ0v) is 2.62. The van der Waals surface area contributed by atoms with E-state index in [0.717, 1.165) is 0 Å². The molecule has 0 rings (SSSR count). The molecular formula is H15Ga5Gd. The van der Waals surface area contributed by atoms with E-state index in [4.69, 9.17) is 0 Å². The largest absolute Gasteiger partial charge is 0 e. The normalized spacial score (nSPS) is 0. The van der Waals surface area contributed by atoms with E-state index in [9.17, 15) is 0 Å². The van der Waals surface area contributed by atoms with E-state index in [-0.39, 0.29) is 139 Å². The number of hydrogen-bond acceptors (Lipinski definition) is 0. The van der Waals surface area contributed by atoms with Gasteiger partial charge in [0.25, 0.3) is 0 Å². The summed E-state index contributed by atoms with van der Waals surface area (Å²) >= 11 is 0. The molecule has 0 N–H and O–H groups in total. The molecule has 0 saturated heterocycles. The summed E-state index contributed by atoms with van der Waals surface area (Å²) in [6.45, 7) is 0. The monoisotopic (exact) mass is 518 g/mol. The van der Waals surface area contributed by atoms with Crippen LogP contribution >= 0.6 is 0 Å². The van der Waals surface area contributed by atoms with Crippen molar-refractivity contribution in [1.82, 2.24) is 0 Å². The maximum absolute atomic E-state index is 0. The van der Waals surface area contributed by atoms with Gasteiger partial charge >= 0.3 is 99.0 Å². The minimum atomic E-state index is 0. The fraction of sp³-hybridized carbons (Fsp3) is 0. The van der Waals surface area contributed by atoms with Crippen molar-refractivity contribution in [2.24, 2.45) is 0 Å². The van der Waals surface area contributed by atoms with Gasteiger partial charge in [-0.25, -0.2) is 0 Å². The molecule has 0 spiro atoms. The first-order chi connectivity index (χ1) is 0. The summed E-state index contributed by atoms with van der Waals surface area (Å²) in [4.78, 5) is 0. The van der Waals surface area contributed by atoms with Crippen molar-refractivity contribution in [3.8, 4) is 0 Å². The Balaban J connectivity index is 0. The van der Waals surface area contributed by atoms with Gasteiger partial charge < -0.3 is 0 Å². The van der Waals surface area contributed by atoms with Crippen LogP contribution in [0.5, 0.6) is 0 Å². The van der Waals surface area contributed by atoms with Gasteiger partial charge in [0.2, 0.25) is 0 Å². The standard InChI is InChI=1S/5Ga.Gd.15H. The average molecular weight is 521 g/mol. The van der Waals surface area contributed by atoms with Crippen molar-refractivity contribution < 1.29 is 39.9 Å². The summed E-state index contributed by atoms with van der Waals surface area (Å²) in [5, 5.41) is 0. The first-order valence-corrected chi connectivity index (χ1v) is 0. The summed E-state index contributed by atoms with van der Waals surface area (Å²) in [7, 11) is 0. The molecule has 0 aromatic rings. The molecule has 0 unspecified atom stereocenters. The molecule has 0 radical (unpaired) electrons. The molecule has 38 valence electrons. The molecule has 0 nitrogen and oxygen atoms in total. The average Bonchev–Trinajstić information content (AvgIpc) is 0. The second-order valence-electron chi connectivity index (χ2n) is 0. The van der Waals surface area contributed by atoms with Gasteiger partial charge in [0.1, 0.15) is 0 Å². The molecule has 0 aliphatic heterocycles. The summed E-state index contributed by atoms with van der Waals surface area (Å²) in [5.41, 5.74) is 0. The smallest absolute Gasteiger partial charge is 0 e. The fourth-order valence-electron chi connectivity index (χ4n) is 0. The Kier molecular flexibility index (Phi) is 264. The summed E-state index contributed by atoms with van der Waals surface area (Å²) in [6.07, 6.45) is 0. The van der Waals surface area contributed by atoms with Crippen molar-refractivity contribution in [2.75, 3.05) is 0 Å². The Morgan fingerprint density at radius 1 is 0.333 bits per heavy atom. The van der Waals surface area contributed by atoms with Crippen LogP contribution in [0.4, 0.5) is 0 Å². The van der Waals surface area contributed by atoms with Gasteiger partial charge in [-0.1, -0.05) is 0 Å². The predicted molar refractivity (Wildman–Crippen MR) is 49.7 cm³/mol. The van der Waals surface area contributed by atoms with Gasteiger partial charge in [0.15, 0.2) is 0 Å². The molecular weight excluding hydrogens is 506 g/mol. The van der Waals surface area contributed by atoms with Gasteiger partial charge in [-0.05, 0) is 0 Å². The van der Waals surface area contributed by atoms with Crippen molar-refractivity contribution in [3.63, 3.8) is 0 Å². The van der Waals surface area contributed by atoms with E-state index in [2.05, 4.69) is 0 Å². The zero-order chi connectivity index (χ0) is 0. The topological polar surface area (TPSA) is 0 Å². The molecule has 6 heavy (non-hydrogen) atoms. The quantitative estimate of drug-likeness (QED) is 0.279. The van der Waals surface area contributed by atoms with Gasteiger partial charge in [0.05, 0.1) is 0 Å². The molecule has 0 aliphatic rings. The Hall–Kier alpha value is 4.51. The Labute approximate surface area is 135 Å². The van der Waals surface area contributed by atoms with E-state index in [1.807, 2.05) is 0 Å². The molecule has 0 atom stereocenters. The Bertz CT molecular complexity index is 3.90. The molecule has 0 aromatic heterocycles. The zero-order valence-electron chi connectivity index (χ0n) is 0.354. The number of hydrogen-bond donors (Lipinski definition) is 0. The maximum atomic E-state index is 0. The second-order valence-corrected chi connectivity index (χ2v) is 0. The van der Waals surface area contributed by atoms with Crippen molar-refractivity contribution >= 4 is 99.0 Å². The third-order valence-corrected chi connectivity index (χ3v) is 0. The summed E-state index contributed by atoms with van der Waals surface area (Å²) in [6, 6.07) is 0. The second kappa shape index (κ2) is 33.9. The Morgan fingerprint density at radius 2 is 0.333 bits per heavy atom. The van der Waals surface area contributed by atoms with Crippen LogP contribution in [-0.4, -0.2) is 99.0 Å². The van der Waals surface area contributed by atoms with Gasteiger partial charge in [-0.3, -0.25) is 0 Å². The van der Waals surface area contributed by atoms with Gasteiger partial charge in [-0.15, -0.1) is 0 Å². The van der Waals surface area contributed by atoms with Crippen LogP contribution in [0.15, 0.2) is 0 Å². The predicted octanol–water partition coefficient (Wildman–Crippen LogP) is -5.92. The third kappa shape index (κ3) is 23.6. The van der Waals surface area contributed by atoms with E-state index in [1.165, 1.54) is 0 Å². The molecule has 0 bridgehead atoms. The van der Waals surface area contributed by atoms with Crippen LogP contribution in [0.2, 0.25) is 0 Å². The van der Waals surface area contributed by atoms with E-state index < -0.39 is 0 Å². The van der Waals surface area contributed by atoms with Crippen LogP contribution in [0, 0.1) is 39.9 Å². The van der Waals surface area contributed by atoms with Crippen LogP contribution in [0.25, 0.3) is 0 Å². The van der Waals surface area contributed by atoms with E-state index >= 15 is 0 Å². The molecule has 0 aromatic carbocycles. The number of rotatable bonds is 0. The van der Waals surface area contributed by atoms with Crippen molar-refractivity contribution in [3.05, 3.63) is 0 Å². The SMILES string of the molecule is [GaH3].[GaH3].[GaH3].[GaH3].[GaH3].[Gd]. The summed E-state index contributed by atoms with van der Waals surface area (Å²) in [5.74, 6) is 0. The molecule has 0 fully saturated rings. The first-order valence-electron chi connectivity index (χ1n) is 0. The molecule has 0 heterocycles. The molecule has 0 saturated carbocycles. The maximum Gasteiger partial charge on any atom is 0 e. The van der Waals surface area contributed by atoms with Crippen LogP contribution < -0.4 is 0 Å². The van der Waals surface area contributed by atoms with Crippen LogP contribution in [-0.2, 0) is 0 Å². The minimum Gasteiger partial charge on any atom is 0 e.